The van der Waals surface area contributed by atoms with Crippen LogP contribution in [0.25, 0.3) is 0 Å². The van der Waals surface area contributed by atoms with Crippen LogP contribution < -0.4 is 0 Å². The van der Waals surface area contributed by atoms with Gasteiger partial charge in [-0.15, -0.1) is 0 Å². The topological polar surface area (TPSA) is 26.3 Å². The van der Waals surface area contributed by atoms with E-state index in [0.717, 1.165) is 32.2 Å². The van der Waals surface area contributed by atoms with Crippen LogP contribution in [0.15, 0.2) is 12.2 Å². The first-order valence-corrected chi connectivity index (χ1v) is 6.48. The lowest BCUT2D eigenvalue weighted by atomic mass is 9.81. The molecule has 0 radical (unpaired) electrons. The van der Waals surface area contributed by atoms with Gasteiger partial charge < -0.3 is 9.53 Å². The van der Waals surface area contributed by atoms with E-state index >= 15 is 0 Å². The fraction of sp³-hybridized carbons (Fsp3) is 0.786. The number of unbranched alkanes of at least 4 members (excludes halogenated alkanes) is 2. The second kappa shape index (κ2) is 6.85. The molecule has 1 saturated heterocycles. The SMILES string of the molecule is CCCC/C=C/[C@@](C)(C=O)[C@H]1CCCCO1. The van der Waals surface area contributed by atoms with Crippen LogP contribution in [0.5, 0.6) is 0 Å². The molecule has 1 fully saturated rings. The molecular weight excluding hydrogens is 200 g/mol. The Kier molecular flexibility index (Phi) is 5.75. The molecule has 0 bridgehead atoms. The Morgan fingerprint density at radius 2 is 2.25 bits per heavy atom. The summed E-state index contributed by atoms with van der Waals surface area (Å²) in [5.74, 6) is 0. The summed E-state index contributed by atoms with van der Waals surface area (Å²) in [6, 6.07) is 0. The van der Waals surface area contributed by atoms with Gasteiger partial charge in [0.25, 0.3) is 0 Å². The molecule has 2 heteroatoms. The second-order valence-corrected chi connectivity index (χ2v) is 4.88. The zero-order chi connectivity index (χ0) is 11.9. The molecule has 0 aromatic rings. The molecule has 1 aliphatic rings. The fourth-order valence-electron chi connectivity index (χ4n) is 2.11. The van der Waals surface area contributed by atoms with E-state index in [1.165, 1.54) is 19.3 Å². The smallest absolute Gasteiger partial charge is 0.132 e. The van der Waals surface area contributed by atoms with Crippen LogP contribution in [0.3, 0.4) is 0 Å². The van der Waals surface area contributed by atoms with Gasteiger partial charge in [-0.3, -0.25) is 0 Å². The highest BCUT2D eigenvalue weighted by atomic mass is 16.5. The minimum atomic E-state index is -0.422. The Bertz CT molecular complexity index is 229. The van der Waals surface area contributed by atoms with Gasteiger partial charge in [-0.1, -0.05) is 31.9 Å². The van der Waals surface area contributed by atoms with Gasteiger partial charge >= 0.3 is 0 Å². The largest absolute Gasteiger partial charge is 0.377 e. The molecule has 0 aromatic carbocycles. The predicted octanol–water partition coefficient (Wildman–Crippen LogP) is 3.51. The van der Waals surface area contributed by atoms with E-state index in [0.29, 0.717) is 0 Å². The fourth-order valence-corrected chi connectivity index (χ4v) is 2.11. The summed E-state index contributed by atoms with van der Waals surface area (Å²) in [6.07, 6.45) is 12.1. The van der Waals surface area contributed by atoms with Gasteiger partial charge in [0.05, 0.1) is 11.5 Å². The Morgan fingerprint density at radius 3 is 2.81 bits per heavy atom. The van der Waals surface area contributed by atoms with Gasteiger partial charge in [0, 0.05) is 6.61 Å². The molecule has 16 heavy (non-hydrogen) atoms. The summed E-state index contributed by atoms with van der Waals surface area (Å²) in [6.45, 7) is 4.96. The van der Waals surface area contributed by atoms with Crippen molar-refractivity contribution in [2.45, 2.75) is 58.5 Å². The minimum Gasteiger partial charge on any atom is -0.377 e. The van der Waals surface area contributed by atoms with Gasteiger partial charge in [0.2, 0.25) is 0 Å². The van der Waals surface area contributed by atoms with E-state index in [2.05, 4.69) is 13.0 Å². The van der Waals surface area contributed by atoms with E-state index in [1.54, 1.807) is 0 Å². The van der Waals surface area contributed by atoms with Crippen molar-refractivity contribution in [1.82, 2.24) is 0 Å². The maximum atomic E-state index is 11.3. The summed E-state index contributed by atoms with van der Waals surface area (Å²) < 4.78 is 5.71. The number of rotatable bonds is 6. The normalized spacial score (nSPS) is 25.5. The first-order chi connectivity index (χ1) is 7.73. The van der Waals surface area contributed by atoms with Crippen molar-refractivity contribution < 1.29 is 9.53 Å². The van der Waals surface area contributed by atoms with Crippen LogP contribution in [-0.2, 0) is 9.53 Å². The van der Waals surface area contributed by atoms with Crippen molar-refractivity contribution >= 4 is 6.29 Å². The van der Waals surface area contributed by atoms with E-state index < -0.39 is 5.41 Å². The number of hydrogen-bond acceptors (Lipinski definition) is 2. The average Bonchev–Trinajstić information content (AvgIpc) is 2.35. The van der Waals surface area contributed by atoms with Crippen molar-refractivity contribution in [1.29, 1.82) is 0 Å². The standard InChI is InChI=1S/C14H24O2/c1-3-4-5-7-10-14(2,12-15)13-9-6-8-11-16-13/h7,10,12-13H,3-6,8-9,11H2,1-2H3/b10-7+/t13-,14+/m1/s1. The third-order valence-corrected chi connectivity index (χ3v) is 3.33. The molecule has 1 aliphatic heterocycles. The average molecular weight is 224 g/mol. The molecule has 0 aliphatic carbocycles. The summed E-state index contributed by atoms with van der Waals surface area (Å²) in [5, 5.41) is 0. The van der Waals surface area contributed by atoms with Crippen LogP contribution in [0.1, 0.15) is 52.4 Å². The van der Waals surface area contributed by atoms with Crippen molar-refractivity contribution in [2.75, 3.05) is 6.61 Å². The summed E-state index contributed by atoms with van der Waals surface area (Å²) in [5.41, 5.74) is -0.422. The Balaban J connectivity index is 2.53. The predicted molar refractivity (Wildman–Crippen MR) is 66.4 cm³/mol. The van der Waals surface area contributed by atoms with Crippen LogP contribution in [0.4, 0.5) is 0 Å². The van der Waals surface area contributed by atoms with Crippen molar-refractivity contribution in [3.05, 3.63) is 12.2 Å². The molecule has 0 spiro atoms. The number of carbonyl (C=O) groups excluding carboxylic acids is 1. The van der Waals surface area contributed by atoms with Crippen LogP contribution in [0, 0.1) is 5.41 Å². The molecule has 1 rings (SSSR count). The number of allylic oxidation sites excluding steroid dienone is 1. The molecule has 0 aromatic heterocycles. The molecule has 2 nitrogen and oxygen atoms in total. The van der Waals surface area contributed by atoms with Gasteiger partial charge in [-0.05, 0) is 32.6 Å². The number of ether oxygens (including phenoxy) is 1. The Labute approximate surface area is 99.1 Å². The Hall–Kier alpha value is -0.630. The molecule has 0 unspecified atom stereocenters. The second-order valence-electron chi connectivity index (χ2n) is 4.88. The van der Waals surface area contributed by atoms with Gasteiger partial charge in [0.15, 0.2) is 0 Å². The zero-order valence-corrected chi connectivity index (χ0v) is 10.6. The monoisotopic (exact) mass is 224 g/mol. The lowest BCUT2D eigenvalue weighted by molar-refractivity contribution is -0.123. The summed E-state index contributed by atoms with van der Waals surface area (Å²) >= 11 is 0. The number of aldehydes is 1. The highest BCUT2D eigenvalue weighted by molar-refractivity contribution is 5.63. The Morgan fingerprint density at radius 1 is 1.44 bits per heavy atom. The summed E-state index contributed by atoms with van der Waals surface area (Å²) in [4.78, 5) is 11.3. The highest BCUT2D eigenvalue weighted by Crippen LogP contribution is 2.30. The van der Waals surface area contributed by atoms with Gasteiger partial charge in [-0.25, -0.2) is 0 Å². The maximum absolute atomic E-state index is 11.3. The first-order valence-electron chi connectivity index (χ1n) is 6.48. The minimum absolute atomic E-state index is 0.0802. The van der Waals surface area contributed by atoms with Crippen LogP contribution in [0.2, 0.25) is 0 Å². The third kappa shape index (κ3) is 3.75. The maximum Gasteiger partial charge on any atom is 0.132 e. The molecule has 0 amide bonds. The molecular formula is C14H24O2. The lowest BCUT2D eigenvalue weighted by Gasteiger charge is -2.33. The lowest BCUT2D eigenvalue weighted by Crippen LogP contribution is -2.36. The van der Waals surface area contributed by atoms with Crippen molar-refractivity contribution in [3.8, 4) is 0 Å². The number of carbonyl (C=O) groups is 1. The van der Waals surface area contributed by atoms with E-state index in [1.807, 2.05) is 13.0 Å². The molecule has 0 N–H and O–H groups in total. The van der Waals surface area contributed by atoms with Crippen LogP contribution in [-0.4, -0.2) is 19.0 Å². The molecule has 0 saturated carbocycles. The van der Waals surface area contributed by atoms with Crippen molar-refractivity contribution in [3.63, 3.8) is 0 Å². The van der Waals surface area contributed by atoms with Crippen molar-refractivity contribution in [2.24, 2.45) is 5.41 Å². The third-order valence-electron chi connectivity index (χ3n) is 3.33. The number of hydrogen-bond donors (Lipinski definition) is 0. The van der Waals surface area contributed by atoms with Gasteiger partial charge in [0.1, 0.15) is 6.29 Å². The highest BCUT2D eigenvalue weighted by Gasteiger charge is 2.33. The van der Waals surface area contributed by atoms with Gasteiger partial charge in [-0.2, -0.15) is 0 Å². The van der Waals surface area contributed by atoms with Crippen LogP contribution >= 0.6 is 0 Å². The molecule has 1 heterocycles. The first kappa shape index (κ1) is 13.4. The molecule has 2 atom stereocenters. The quantitative estimate of drug-likeness (QED) is 0.392. The molecule has 92 valence electrons. The zero-order valence-electron chi connectivity index (χ0n) is 10.6. The van der Waals surface area contributed by atoms with E-state index in [-0.39, 0.29) is 6.10 Å². The van der Waals surface area contributed by atoms with E-state index in [9.17, 15) is 4.79 Å². The summed E-state index contributed by atoms with van der Waals surface area (Å²) in [7, 11) is 0. The van der Waals surface area contributed by atoms with E-state index in [4.69, 9.17) is 4.74 Å².